The van der Waals surface area contributed by atoms with Gasteiger partial charge in [-0.25, -0.2) is 0 Å². The molecule has 3 rings (SSSR count). The number of nitrogens with zero attached hydrogens (tertiary/aromatic N) is 1. The standard InChI is InChI=1S/C19H26N2O4S/c1-6-7-10-20-16(22)15-19(2,3)26-18-11-8-9-12(24-4)14(25-5)13(11)17(23)21(15)18/h8-9,15,18H,6-7,10H2,1-5H3,(H,20,22). The lowest BCUT2D eigenvalue weighted by molar-refractivity contribution is -0.126. The molecule has 0 spiro atoms. The van der Waals surface area contributed by atoms with Gasteiger partial charge in [0.2, 0.25) is 5.91 Å². The van der Waals surface area contributed by atoms with E-state index in [1.807, 2.05) is 26.0 Å². The van der Waals surface area contributed by atoms with Crippen LogP contribution in [0.25, 0.3) is 0 Å². The predicted molar refractivity (Wildman–Crippen MR) is 102 cm³/mol. The summed E-state index contributed by atoms with van der Waals surface area (Å²) in [5.41, 5.74) is 1.39. The van der Waals surface area contributed by atoms with Gasteiger partial charge in [-0.1, -0.05) is 19.4 Å². The molecule has 7 heteroatoms. The van der Waals surface area contributed by atoms with Crippen LogP contribution in [-0.2, 0) is 4.79 Å². The smallest absolute Gasteiger partial charge is 0.260 e. The number of carbonyl (C=O) groups is 2. The molecule has 26 heavy (non-hydrogen) atoms. The van der Waals surface area contributed by atoms with Crippen molar-refractivity contribution in [2.45, 2.75) is 49.8 Å². The van der Waals surface area contributed by atoms with Gasteiger partial charge < -0.3 is 19.7 Å². The van der Waals surface area contributed by atoms with Crippen LogP contribution in [0.3, 0.4) is 0 Å². The molecular formula is C19H26N2O4S. The average molecular weight is 378 g/mol. The first kappa shape index (κ1) is 18.9. The topological polar surface area (TPSA) is 67.9 Å². The van der Waals surface area contributed by atoms with Crippen molar-refractivity contribution < 1.29 is 19.1 Å². The highest BCUT2D eigenvalue weighted by Gasteiger charge is 2.58. The van der Waals surface area contributed by atoms with Crippen molar-refractivity contribution >= 4 is 23.6 Å². The Bertz CT molecular complexity index is 734. The summed E-state index contributed by atoms with van der Waals surface area (Å²) >= 11 is 1.64. The van der Waals surface area contributed by atoms with Gasteiger partial charge in [0.15, 0.2) is 11.5 Å². The van der Waals surface area contributed by atoms with Gasteiger partial charge in [0.25, 0.3) is 5.91 Å². The summed E-state index contributed by atoms with van der Waals surface area (Å²) in [6, 6.07) is 3.20. The van der Waals surface area contributed by atoms with Gasteiger partial charge >= 0.3 is 0 Å². The molecule has 142 valence electrons. The number of rotatable bonds is 6. The number of ether oxygens (including phenoxy) is 2. The van der Waals surface area contributed by atoms with Crippen molar-refractivity contribution in [2.24, 2.45) is 0 Å². The summed E-state index contributed by atoms with van der Waals surface area (Å²) in [6.07, 6.45) is 1.94. The maximum Gasteiger partial charge on any atom is 0.260 e. The molecule has 2 amide bonds. The first-order valence-corrected chi connectivity index (χ1v) is 9.78. The minimum atomic E-state index is -0.523. The van der Waals surface area contributed by atoms with E-state index in [9.17, 15) is 9.59 Å². The van der Waals surface area contributed by atoms with E-state index in [2.05, 4.69) is 12.2 Å². The highest BCUT2D eigenvalue weighted by atomic mass is 32.2. The third-order valence-electron chi connectivity index (χ3n) is 4.97. The molecule has 1 saturated heterocycles. The fourth-order valence-electron chi connectivity index (χ4n) is 3.74. The van der Waals surface area contributed by atoms with Crippen molar-refractivity contribution in [3.8, 4) is 11.5 Å². The molecular weight excluding hydrogens is 352 g/mol. The molecule has 2 unspecified atom stereocenters. The van der Waals surface area contributed by atoms with E-state index in [-0.39, 0.29) is 21.9 Å². The Hall–Kier alpha value is -1.89. The number of hydrogen-bond acceptors (Lipinski definition) is 5. The van der Waals surface area contributed by atoms with Crippen molar-refractivity contribution in [1.29, 1.82) is 0 Å². The Labute approximate surface area is 158 Å². The zero-order valence-corrected chi connectivity index (χ0v) is 16.7. The number of amides is 2. The third-order valence-corrected chi connectivity index (χ3v) is 6.51. The Morgan fingerprint density at radius 3 is 2.65 bits per heavy atom. The molecule has 2 aliphatic rings. The summed E-state index contributed by atoms with van der Waals surface area (Å²) in [5.74, 6) is 0.696. The second kappa shape index (κ2) is 7.02. The second-order valence-electron chi connectivity index (χ2n) is 7.10. The number of benzene rings is 1. The van der Waals surface area contributed by atoms with Gasteiger partial charge in [0, 0.05) is 16.9 Å². The average Bonchev–Trinajstić information content (AvgIpc) is 3.04. The third kappa shape index (κ3) is 2.82. The molecule has 0 saturated carbocycles. The maximum absolute atomic E-state index is 13.3. The van der Waals surface area contributed by atoms with Crippen LogP contribution < -0.4 is 14.8 Å². The Kier molecular flexibility index (Phi) is 5.10. The van der Waals surface area contributed by atoms with E-state index in [0.717, 1.165) is 18.4 Å². The molecule has 2 atom stereocenters. The monoisotopic (exact) mass is 378 g/mol. The van der Waals surface area contributed by atoms with Crippen molar-refractivity contribution in [2.75, 3.05) is 20.8 Å². The fraction of sp³-hybridized carbons (Fsp3) is 0.579. The van der Waals surface area contributed by atoms with Crippen LogP contribution in [0.4, 0.5) is 0 Å². The molecule has 6 nitrogen and oxygen atoms in total. The zero-order chi connectivity index (χ0) is 19.1. The van der Waals surface area contributed by atoms with Crippen LogP contribution in [-0.4, -0.2) is 48.3 Å². The summed E-state index contributed by atoms with van der Waals surface area (Å²) in [5, 5.41) is 2.80. The maximum atomic E-state index is 13.3. The molecule has 2 aliphatic heterocycles. The molecule has 0 bridgehead atoms. The van der Waals surface area contributed by atoms with Crippen molar-refractivity contribution in [1.82, 2.24) is 10.2 Å². The minimum Gasteiger partial charge on any atom is -0.493 e. The first-order chi connectivity index (χ1) is 12.4. The Balaban J connectivity index is 1.98. The van der Waals surface area contributed by atoms with Crippen LogP contribution in [0.5, 0.6) is 11.5 Å². The molecule has 2 heterocycles. The van der Waals surface area contributed by atoms with Crippen molar-refractivity contribution in [3.05, 3.63) is 23.3 Å². The molecule has 0 radical (unpaired) electrons. The lowest BCUT2D eigenvalue weighted by Crippen LogP contribution is -2.52. The fourth-order valence-corrected chi connectivity index (χ4v) is 5.32. The number of hydrogen-bond donors (Lipinski definition) is 1. The minimum absolute atomic E-state index is 0.0921. The number of nitrogens with one attached hydrogen (secondary N) is 1. The van der Waals surface area contributed by atoms with Gasteiger partial charge in [0.05, 0.1) is 19.8 Å². The summed E-state index contributed by atoms with van der Waals surface area (Å²) in [6.45, 7) is 6.75. The number of methoxy groups -OCH3 is 2. The highest BCUT2D eigenvalue weighted by molar-refractivity contribution is 8.01. The van der Waals surface area contributed by atoms with E-state index < -0.39 is 6.04 Å². The van der Waals surface area contributed by atoms with Gasteiger partial charge in [-0.15, -0.1) is 11.8 Å². The summed E-state index contributed by atoms with van der Waals surface area (Å²) in [7, 11) is 3.08. The number of unbranched alkanes of at least 4 members (excludes halogenated alkanes) is 1. The largest absolute Gasteiger partial charge is 0.493 e. The van der Waals surface area contributed by atoms with Crippen LogP contribution in [0.1, 0.15) is 54.9 Å². The van der Waals surface area contributed by atoms with E-state index in [0.29, 0.717) is 23.6 Å². The molecule has 1 N–H and O–H groups in total. The predicted octanol–water partition coefficient (Wildman–Crippen LogP) is 2.97. The molecule has 1 fully saturated rings. The van der Waals surface area contributed by atoms with Gasteiger partial charge in [0.1, 0.15) is 11.4 Å². The Morgan fingerprint density at radius 1 is 1.31 bits per heavy atom. The summed E-state index contributed by atoms with van der Waals surface area (Å²) in [4.78, 5) is 27.8. The molecule has 1 aromatic carbocycles. The van der Waals surface area contributed by atoms with Gasteiger partial charge in [-0.3, -0.25) is 9.59 Å². The van der Waals surface area contributed by atoms with E-state index in [1.165, 1.54) is 7.11 Å². The lowest BCUT2D eigenvalue weighted by Gasteiger charge is -2.29. The van der Waals surface area contributed by atoms with Crippen LogP contribution >= 0.6 is 11.8 Å². The number of fused-ring (bicyclic) bond motifs is 3. The van der Waals surface area contributed by atoms with Crippen LogP contribution in [0, 0.1) is 0 Å². The SMILES string of the molecule is CCCCNC(=O)C1N2C(=O)c3c(ccc(OC)c3OC)C2SC1(C)C. The van der Waals surface area contributed by atoms with E-state index in [1.54, 1.807) is 23.8 Å². The number of thioether (sulfide) groups is 1. The quantitative estimate of drug-likeness (QED) is 0.771. The normalized spacial score (nSPS) is 22.8. The van der Waals surface area contributed by atoms with Crippen LogP contribution in [0.2, 0.25) is 0 Å². The number of carbonyl (C=O) groups excluding carboxylic acids is 2. The van der Waals surface area contributed by atoms with Crippen molar-refractivity contribution in [3.63, 3.8) is 0 Å². The van der Waals surface area contributed by atoms with E-state index in [4.69, 9.17) is 9.47 Å². The van der Waals surface area contributed by atoms with E-state index >= 15 is 0 Å². The lowest BCUT2D eigenvalue weighted by atomic mass is 10.0. The zero-order valence-electron chi connectivity index (χ0n) is 15.9. The Morgan fingerprint density at radius 2 is 2.04 bits per heavy atom. The van der Waals surface area contributed by atoms with Crippen LogP contribution in [0.15, 0.2) is 12.1 Å². The summed E-state index contributed by atoms with van der Waals surface area (Å²) < 4.78 is 10.4. The van der Waals surface area contributed by atoms with Gasteiger partial charge in [-0.2, -0.15) is 0 Å². The van der Waals surface area contributed by atoms with Gasteiger partial charge in [-0.05, 0) is 26.3 Å². The second-order valence-corrected chi connectivity index (χ2v) is 8.83. The molecule has 1 aromatic rings. The molecule has 0 aromatic heterocycles. The molecule has 0 aliphatic carbocycles. The first-order valence-electron chi connectivity index (χ1n) is 8.90. The highest BCUT2D eigenvalue weighted by Crippen LogP contribution is 2.58.